The number of aliphatic imine (C=N–C) groups is 1. The molecule has 1 atom stereocenters. The summed E-state index contributed by atoms with van der Waals surface area (Å²) in [4.78, 5) is 6.55. The molecule has 0 aromatic carbocycles. The number of hydrogen-bond donors (Lipinski definition) is 3. The molecule has 5 N–H and O–H groups in total. The molecule has 16 heavy (non-hydrogen) atoms. The van der Waals surface area contributed by atoms with Crippen LogP contribution in [0.2, 0.25) is 0 Å². The van der Waals surface area contributed by atoms with Gasteiger partial charge in [-0.25, -0.2) is 4.99 Å². The van der Waals surface area contributed by atoms with E-state index in [4.69, 9.17) is 16.2 Å². The molecule has 1 unspecified atom stereocenters. The summed E-state index contributed by atoms with van der Waals surface area (Å²) in [6.45, 7) is 4.47. The summed E-state index contributed by atoms with van der Waals surface area (Å²) in [5, 5.41) is 2.81. The molecule has 6 heteroatoms. The van der Waals surface area contributed by atoms with Crippen LogP contribution in [0, 0.1) is 0 Å². The van der Waals surface area contributed by atoms with E-state index in [9.17, 15) is 0 Å². The summed E-state index contributed by atoms with van der Waals surface area (Å²) >= 11 is 0. The van der Waals surface area contributed by atoms with Gasteiger partial charge in [0.2, 0.25) is 0 Å². The van der Waals surface area contributed by atoms with Crippen LogP contribution in [0.15, 0.2) is 17.3 Å². The van der Waals surface area contributed by atoms with Crippen LogP contribution in [0.3, 0.4) is 0 Å². The fourth-order valence-electron chi connectivity index (χ4n) is 1.87. The third kappa shape index (κ3) is 2.94. The Hall–Kier alpha value is -1.11. The number of rotatable bonds is 3. The van der Waals surface area contributed by atoms with E-state index >= 15 is 0 Å². The maximum absolute atomic E-state index is 6.11. The van der Waals surface area contributed by atoms with Crippen LogP contribution in [-0.4, -0.2) is 49.4 Å². The number of morpholine rings is 1. The molecule has 2 aliphatic rings. The number of hydrogen-bond acceptors (Lipinski definition) is 6. The predicted octanol–water partition coefficient (Wildman–Crippen LogP) is -1.20. The zero-order valence-corrected chi connectivity index (χ0v) is 9.35. The third-order valence-corrected chi connectivity index (χ3v) is 2.86. The Labute approximate surface area is 95.3 Å². The Kier molecular flexibility index (Phi) is 3.42. The highest BCUT2D eigenvalue weighted by atomic mass is 16.5. The van der Waals surface area contributed by atoms with Gasteiger partial charge in [-0.2, -0.15) is 0 Å². The first kappa shape index (κ1) is 11.4. The first-order valence-corrected chi connectivity index (χ1v) is 5.56. The van der Waals surface area contributed by atoms with E-state index in [1.54, 1.807) is 6.20 Å². The highest BCUT2D eigenvalue weighted by molar-refractivity contribution is 5.80. The molecular weight excluding hydrogens is 206 g/mol. The standard InChI is InChI=1S/C10H19N5O/c11-9-13-3-1-10(12,14-9)2-4-15-5-7-16-8-6-15/h1,3H,2,4-8,12H2,(H3,11,13,14). The minimum absolute atomic E-state index is 0.381. The smallest absolute Gasteiger partial charge is 0.194 e. The van der Waals surface area contributed by atoms with Crippen LogP contribution < -0.4 is 16.8 Å². The summed E-state index contributed by atoms with van der Waals surface area (Å²) < 4.78 is 5.29. The lowest BCUT2D eigenvalue weighted by molar-refractivity contribution is 0.0356. The van der Waals surface area contributed by atoms with Gasteiger partial charge in [0.15, 0.2) is 5.96 Å². The van der Waals surface area contributed by atoms with Gasteiger partial charge in [0.25, 0.3) is 0 Å². The second-order valence-corrected chi connectivity index (χ2v) is 4.17. The molecule has 1 fully saturated rings. The zero-order valence-electron chi connectivity index (χ0n) is 9.35. The quantitative estimate of drug-likeness (QED) is 0.561. The van der Waals surface area contributed by atoms with Crippen molar-refractivity contribution in [2.75, 3.05) is 32.8 Å². The van der Waals surface area contributed by atoms with Crippen LogP contribution >= 0.6 is 0 Å². The maximum Gasteiger partial charge on any atom is 0.194 e. The number of nitrogens with two attached hydrogens (primary N) is 2. The van der Waals surface area contributed by atoms with Gasteiger partial charge >= 0.3 is 0 Å². The molecule has 0 saturated carbocycles. The van der Waals surface area contributed by atoms with Crippen molar-refractivity contribution in [1.82, 2.24) is 10.2 Å². The molecule has 0 aliphatic carbocycles. The lowest BCUT2D eigenvalue weighted by atomic mass is 10.1. The van der Waals surface area contributed by atoms with E-state index in [2.05, 4.69) is 15.2 Å². The van der Waals surface area contributed by atoms with Crippen molar-refractivity contribution in [3.05, 3.63) is 12.3 Å². The minimum atomic E-state index is -0.659. The van der Waals surface area contributed by atoms with Crippen LogP contribution in [0.25, 0.3) is 0 Å². The van der Waals surface area contributed by atoms with Gasteiger partial charge in [-0.15, -0.1) is 0 Å². The molecule has 0 aromatic rings. The molecule has 0 radical (unpaired) electrons. The number of nitrogens with one attached hydrogen (secondary N) is 1. The molecule has 2 aliphatic heterocycles. The lowest BCUT2D eigenvalue weighted by Crippen LogP contribution is -2.47. The fourth-order valence-corrected chi connectivity index (χ4v) is 1.87. The van der Waals surface area contributed by atoms with Gasteiger partial charge < -0.3 is 21.5 Å². The van der Waals surface area contributed by atoms with Crippen molar-refractivity contribution in [2.45, 2.75) is 12.1 Å². The predicted molar refractivity (Wildman–Crippen MR) is 62.7 cm³/mol. The molecule has 6 nitrogen and oxygen atoms in total. The average Bonchev–Trinajstić information content (AvgIpc) is 2.28. The van der Waals surface area contributed by atoms with Crippen LogP contribution in [0.5, 0.6) is 0 Å². The van der Waals surface area contributed by atoms with Crippen LogP contribution in [-0.2, 0) is 4.74 Å². The molecule has 90 valence electrons. The van der Waals surface area contributed by atoms with Gasteiger partial charge in [-0.1, -0.05) is 0 Å². The summed E-state index contributed by atoms with van der Waals surface area (Å²) in [6, 6.07) is 0. The van der Waals surface area contributed by atoms with Crippen molar-refractivity contribution < 1.29 is 4.74 Å². The SMILES string of the molecule is NC1=NC(N)(CCN2CCOCC2)C=CN1. The Morgan fingerprint density at radius 3 is 2.94 bits per heavy atom. The summed E-state index contributed by atoms with van der Waals surface area (Å²) in [5.74, 6) is 0.381. The third-order valence-electron chi connectivity index (χ3n) is 2.86. The van der Waals surface area contributed by atoms with Gasteiger partial charge in [0.1, 0.15) is 5.66 Å². The zero-order chi connectivity index (χ0) is 11.4. The number of nitrogens with zero attached hydrogens (tertiary/aromatic N) is 2. The van der Waals surface area contributed by atoms with E-state index in [-0.39, 0.29) is 0 Å². The van der Waals surface area contributed by atoms with Crippen molar-refractivity contribution in [1.29, 1.82) is 0 Å². The summed E-state index contributed by atoms with van der Waals surface area (Å²) in [5.41, 5.74) is 11.0. The van der Waals surface area contributed by atoms with Crippen molar-refractivity contribution in [3.63, 3.8) is 0 Å². The number of guanidine groups is 1. The Morgan fingerprint density at radius 2 is 2.25 bits per heavy atom. The molecule has 2 rings (SSSR count). The Balaban J connectivity index is 1.84. The van der Waals surface area contributed by atoms with Gasteiger partial charge in [0.05, 0.1) is 13.2 Å². The van der Waals surface area contributed by atoms with Crippen molar-refractivity contribution in [3.8, 4) is 0 Å². The van der Waals surface area contributed by atoms with Crippen LogP contribution in [0.1, 0.15) is 6.42 Å². The van der Waals surface area contributed by atoms with E-state index in [1.165, 1.54) is 0 Å². The fraction of sp³-hybridized carbons (Fsp3) is 0.700. The Bertz CT molecular complexity index is 298. The van der Waals surface area contributed by atoms with E-state index in [0.29, 0.717) is 5.96 Å². The van der Waals surface area contributed by atoms with Gasteiger partial charge in [-0.3, -0.25) is 4.90 Å². The van der Waals surface area contributed by atoms with Gasteiger partial charge in [-0.05, 0) is 6.08 Å². The molecule has 0 bridgehead atoms. The monoisotopic (exact) mass is 225 g/mol. The molecule has 0 spiro atoms. The highest BCUT2D eigenvalue weighted by Crippen LogP contribution is 2.14. The van der Waals surface area contributed by atoms with Gasteiger partial charge in [0, 0.05) is 32.3 Å². The van der Waals surface area contributed by atoms with E-state index in [0.717, 1.165) is 39.3 Å². The van der Waals surface area contributed by atoms with Crippen molar-refractivity contribution in [2.24, 2.45) is 16.5 Å². The lowest BCUT2D eigenvalue weighted by Gasteiger charge is -2.31. The molecular formula is C10H19N5O. The molecule has 0 amide bonds. The average molecular weight is 225 g/mol. The Morgan fingerprint density at radius 1 is 1.50 bits per heavy atom. The maximum atomic E-state index is 6.11. The molecule has 0 aromatic heterocycles. The normalized spacial score (nSPS) is 30.9. The molecule has 1 saturated heterocycles. The second kappa shape index (κ2) is 4.82. The highest BCUT2D eigenvalue weighted by Gasteiger charge is 2.24. The first-order chi connectivity index (χ1) is 7.68. The van der Waals surface area contributed by atoms with E-state index < -0.39 is 5.66 Å². The molecule has 2 heterocycles. The topological polar surface area (TPSA) is 88.9 Å². The largest absolute Gasteiger partial charge is 0.379 e. The van der Waals surface area contributed by atoms with Crippen molar-refractivity contribution >= 4 is 5.96 Å². The summed E-state index contributed by atoms with van der Waals surface area (Å²) in [6.07, 6.45) is 4.37. The van der Waals surface area contributed by atoms with Crippen LogP contribution in [0.4, 0.5) is 0 Å². The minimum Gasteiger partial charge on any atom is -0.379 e. The number of ether oxygens (including phenoxy) is 1. The summed E-state index contributed by atoms with van der Waals surface area (Å²) in [7, 11) is 0. The van der Waals surface area contributed by atoms with E-state index in [1.807, 2.05) is 6.08 Å². The first-order valence-electron chi connectivity index (χ1n) is 5.56. The second-order valence-electron chi connectivity index (χ2n) is 4.17.